The van der Waals surface area contributed by atoms with Crippen LogP contribution in [0.4, 0.5) is 5.69 Å². The van der Waals surface area contributed by atoms with Crippen LogP contribution in [0.5, 0.6) is 5.88 Å². The monoisotopic (exact) mass is 244 g/mol. The van der Waals surface area contributed by atoms with Crippen LogP contribution in [0.2, 0.25) is 0 Å². The van der Waals surface area contributed by atoms with Crippen molar-refractivity contribution in [3.8, 4) is 5.88 Å². The lowest BCUT2D eigenvalue weighted by molar-refractivity contribution is -0.0810. The maximum atomic E-state index is 5.69. The maximum Gasteiger partial charge on any atom is 0.237 e. The molecular weight excluding hydrogens is 236 g/mol. The standard InChI is InChI=1S/C8H9BrN2O2/c9-5-1-7(10)8(11-2-5)13-6-3-12-4-6/h1-2,6H,3-4,10H2. The summed E-state index contributed by atoms with van der Waals surface area (Å²) in [5, 5.41) is 0. The zero-order valence-corrected chi connectivity index (χ0v) is 8.45. The minimum atomic E-state index is 0.107. The Morgan fingerprint density at radius 1 is 1.62 bits per heavy atom. The van der Waals surface area contributed by atoms with E-state index in [1.54, 1.807) is 12.3 Å². The van der Waals surface area contributed by atoms with Crippen molar-refractivity contribution in [2.24, 2.45) is 0 Å². The third-order valence-electron chi connectivity index (χ3n) is 1.73. The Hall–Kier alpha value is -0.810. The Balaban J connectivity index is 2.10. The molecule has 0 spiro atoms. The van der Waals surface area contributed by atoms with E-state index in [-0.39, 0.29) is 6.10 Å². The van der Waals surface area contributed by atoms with Crippen molar-refractivity contribution >= 4 is 21.6 Å². The number of rotatable bonds is 2. The molecule has 4 nitrogen and oxygen atoms in total. The van der Waals surface area contributed by atoms with Gasteiger partial charge in [-0.2, -0.15) is 0 Å². The Labute approximate surface area is 84.2 Å². The van der Waals surface area contributed by atoms with Crippen LogP contribution in [-0.4, -0.2) is 24.3 Å². The van der Waals surface area contributed by atoms with Gasteiger partial charge in [-0.05, 0) is 22.0 Å². The lowest BCUT2D eigenvalue weighted by Crippen LogP contribution is -2.38. The van der Waals surface area contributed by atoms with Crippen molar-refractivity contribution in [2.45, 2.75) is 6.10 Å². The summed E-state index contributed by atoms with van der Waals surface area (Å²) in [5.74, 6) is 0.483. The highest BCUT2D eigenvalue weighted by molar-refractivity contribution is 9.10. The topological polar surface area (TPSA) is 57.4 Å². The summed E-state index contributed by atoms with van der Waals surface area (Å²) >= 11 is 3.27. The predicted octanol–water partition coefficient (Wildman–Crippen LogP) is 1.20. The SMILES string of the molecule is Nc1cc(Br)cnc1OC1COC1. The first-order valence-corrected chi connectivity index (χ1v) is 4.70. The molecule has 2 heterocycles. The number of hydrogen-bond donors (Lipinski definition) is 1. The van der Waals surface area contributed by atoms with E-state index in [1.807, 2.05) is 0 Å². The van der Waals surface area contributed by atoms with E-state index >= 15 is 0 Å². The highest BCUT2D eigenvalue weighted by Crippen LogP contribution is 2.23. The van der Waals surface area contributed by atoms with Crippen molar-refractivity contribution in [3.05, 3.63) is 16.7 Å². The van der Waals surface area contributed by atoms with Gasteiger partial charge in [0.2, 0.25) is 5.88 Å². The molecule has 1 aliphatic rings. The Morgan fingerprint density at radius 2 is 2.38 bits per heavy atom. The molecule has 0 unspecified atom stereocenters. The molecule has 2 rings (SSSR count). The second-order valence-corrected chi connectivity index (χ2v) is 3.74. The number of nitrogen functional groups attached to an aromatic ring is 1. The van der Waals surface area contributed by atoms with Crippen LogP contribution in [0.1, 0.15) is 0 Å². The molecule has 1 aromatic heterocycles. The number of ether oxygens (including phenoxy) is 2. The van der Waals surface area contributed by atoms with E-state index in [2.05, 4.69) is 20.9 Å². The third-order valence-corrected chi connectivity index (χ3v) is 2.16. The number of pyridine rings is 1. The molecule has 0 aromatic carbocycles. The van der Waals surface area contributed by atoms with Gasteiger partial charge in [-0.15, -0.1) is 0 Å². The van der Waals surface area contributed by atoms with Gasteiger partial charge in [0, 0.05) is 10.7 Å². The zero-order valence-electron chi connectivity index (χ0n) is 6.87. The van der Waals surface area contributed by atoms with Gasteiger partial charge >= 0.3 is 0 Å². The van der Waals surface area contributed by atoms with Gasteiger partial charge in [0.1, 0.15) is 6.10 Å². The Bertz CT molecular complexity index is 315. The van der Waals surface area contributed by atoms with Crippen LogP contribution in [0, 0.1) is 0 Å². The molecule has 0 atom stereocenters. The third kappa shape index (κ3) is 1.92. The van der Waals surface area contributed by atoms with Crippen LogP contribution in [0.15, 0.2) is 16.7 Å². The largest absolute Gasteiger partial charge is 0.468 e. The lowest BCUT2D eigenvalue weighted by atomic mass is 10.3. The summed E-state index contributed by atoms with van der Waals surface area (Å²) in [6.45, 7) is 1.24. The van der Waals surface area contributed by atoms with E-state index < -0.39 is 0 Å². The van der Waals surface area contributed by atoms with Gasteiger partial charge in [0.25, 0.3) is 0 Å². The first-order valence-electron chi connectivity index (χ1n) is 3.91. The number of nitrogens with zero attached hydrogens (tertiary/aromatic N) is 1. The molecule has 0 aliphatic carbocycles. The molecule has 5 heteroatoms. The quantitative estimate of drug-likeness (QED) is 0.850. The van der Waals surface area contributed by atoms with Crippen molar-refractivity contribution in [3.63, 3.8) is 0 Å². The molecule has 0 amide bonds. The molecule has 1 saturated heterocycles. The number of halogens is 1. The highest BCUT2D eigenvalue weighted by Gasteiger charge is 2.21. The van der Waals surface area contributed by atoms with Crippen molar-refractivity contribution < 1.29 is 9.47 Å². The van der Waals surface area contributed by atoms with Crippen LogP contribution in [0.25, 0.3) is 0 Å². The zero-order chi connectivity index (χ0) is 9.26. The predicted molar refractivity (Wildman–Crippen MR) is 51.6 cm³/mol. The summed E-state index contributed by atoms with van der Waals surface area (Å²) in [7, 11) is 0. The summed E-state index contributed by atoms with van der Waals surface area (Å²) < 4.78 is 11.3. The van der Waals surface area contributed by atoms with E-state index in [4.69, 9.17) is 15.2 Å². The van der Waals surface area contributed by atoms with Gasteiger partial charge < -0.3 is 15.2 Å². The van der Waals surface area contributed by atoms with Crippen molar-refractivity contribution in [1.29, 1.82) is 0 Å². The minimum absolute atomic E-state index is 0.107. The fourth-order valence-electron chi connectivity index (χ4n) is 0.981. The highest BCUT2D eigenvalue weighted by atomic mass is 79.9. The smallest absolute Gasteiger partial charge is 0.237 e. The van der Waals surface area contributed by atoms with Gasteiger partial charge in [-0.3, -0.25) is 0 Å². The lowest BCUT2D eigenvalue weighted by Gasteiger charge is -2.26. The van der Waals surface area contributed by atoms with E-state index in [0.717, 1.165) is 4.47 Å². The fourth-order valence-corrected chi connectivity index (χ4v) is 1.33. The second-order valence-electron chi connectivity index (χ2n) is 2.83. The van der Waals surface area contributed by atoms with Crippen molar-refractivity contribution in [2.75, 3.05) is 18.9 Å². The number of aromatic nitrogens is 1. The number of nitrogens with two attached hydrogens (primary N) is 1. The normalized spacial score (nSPS) is 16.7. The molecule has 0 bridgehead atoms. The molecule has 2 N–H and O–H groups in total. The molecule has 1 aliphatic heterocycles. The molecule has 0 saturated carbocycles. The van der Waals surface area contributed by atoms with E-state index in [1.165, 1.54) is 0 Å². The van der Waals surface area contributed by atoms with E-state index in [0.29, 0.717) is 24.8 Å². The molecule has 70 valence electrons. The molecule has 0 radical (unpaired) electrons. The maximum absolute atomic E-state index is 5.69. The molecule has 13 heavy (non-hydrogen) atoms. The van der Waals surface area contributed by atoms with Crippen LogP contribution in [-0.2, 0) is 4.74 Å². The average Bonchev–Trinajstić information content (AvgIpc) is 1.99. The van der Waals surface area contributed by atoms with Crippen LogP contribution < -0.4 is 10.5 Å². The van der Waals surface area contributed by atoms with Crippen LogP contribution in [0.3, 0.4) is 0 Å². The summed E-state index contributed by atoms with van der Waals surface area (Å²) in [6, 6.07) is 1.77. The van der Waals surface area contributed by atoms with Gasteiger partial charge in [0.15, 0.2) is 0 Å². The minimum Gasteiger partial charge on any atom is -0.468 e. The molecule has 1 aromatic rings. The second kappa shape index (κ2) is 3.51. The van der Waals surface area contributed by atoms with Crippen LogP contribution >= 0.6 is 15.9 Å². The number of anilines is 1. The summed E-state index contributed by atoms with van der Waals surface area (Å²) in [6.07, 6.45) is 1.77. The molecular formula is C8H9BrN2O2. The van der Waals surface area contributed by atoms with Gasteiger partial charge in [-0.25, -0.2) is 4.98 Å². The van der Waals surface area contributed by atoms with E-state index in [9.17, 15) is 0 Å². The van der Waals surface area contributed by atoms with Crippen molar-refractivity contribution in [1.82, 2.24) is 4.98 Å². The number of hydrogen-bond acceptors (Lipinski definition) is 4. The Kier molecular flexibility index (Phi) is 2.37. The summed E-state index contributed by atoms with van der Waals surface area (Å²) in [5.41, 5.74) is 6.23. The first-order chi connectivity index (χ1) is 6.25. The molecule has 1 fully saturated rings. The summed E-state index contributed by atoms with van der Waals surface area (Å²) in [4.78, 5) is 4.05. The van der Waals surface area contributed by atoms with Gasteiger partial charge in [-0.1, -0.05) is 0 Å². The fraction of sp³-hybridized carbons (Fsp3) is 0.375. The Morgan fingerprint density at radius 3 is 2.92 bits per heavy atom. The van der Waals surface area contributed by atoms with Gasteiger partial charge in [0.05, 0.1) is 18.9 Å². The average molecular weight is 245 g/mol. The first kappa shape index (κ1) is 8.77.